The summed E-state index contributed by atoms with van der Waals surface area (Å²) < 4.78 is 0. The Morgan fingerprint density at radius 3 is 1.00 bits per heavy atom. The Kier molecular flexibility index (Phi) is 3.14. The topological polar surface area (TPSA) is 0 Å². The molecule has 0 saturated heterocycles. The van der Waals surface area contributed by atoms with Crippen molar-refractivity contribution in [3.8, 4) is 0 Å². The van der Waals surface area contributed by atoms with E-state index in [4.69, 9.17) is 0 Å². The minimum atomic E-state index is -0.773. The maximum absolute atomic E-state index is 2.52. The Labute approximate surface area is 70.9 Å². The summed E-state index contributed by atoms with van der Waals surface area (Å²) in [7, 11) is -0.115. The molecule has 0 rings (SSSR count). The first-order valence-corrected chi connectivity index (χ1v) is 12.5. The van der Waals surface area contributed by atoms with Gasteiger partial charge in [-0.2, -0.15) is 0 Å². The van der Waals surface area contributed by atoms with Crippen LogP contribution in [0, 0.1) is 0 Å². The van der Waals surface area contributed by atoms with E-state index in [9.17, 15) is 0 Å². The minimum Gasteiger partial charge on any atom is -0.0698 e. The van der Waals surface area contributed by atoms with Crippen molar-refractivity contribution in [1.82, 2.24) is 0 Å². The maximum atomic E-state index is 2.52. The highest BCUT2D eigenvalue weighted by Gasteiger charge is 2.33. The molecular weight excluding hydrogens is 168 g/mol. The van der Waals surface area contributed by atoms with E-state index in [1.54, 1.807) is 0 Å². The van der Waals surface area contributed by atoms with Crippen LogP contribution in [-0.2, 0) is 0 Å². The molecule has 0 atom stereocenters. The van der Waals surface area contributed by atoms with E-state index in [1.807, 2.05) is 0 Å². The molecule has 10 heavy (non-hydrogen) atoms. The van der Waals surface area contributed by atoms with Crippen LogP contribution in [0.5, 0.6) is 0 Å². The van der Waals surface area contributed by atoms with Crippen molar-refractivity contribution in [3.63, 3.8) is 0 Å². The molecule has 0 nitrogen and oxygen atoms in total. The van der Waals surface area contributed by atoms with Crippen LogP contribution >= 0.6 is 0 Å². The molecule has 0 unspecified atom stereocenters. The van der Waals surface area contributed by atoms with Crippen LogP contribution in [0.3, 0.4) is 0 Å². The highest BCUT2D eigenvalue weighted by atomic mass is 28.4. The molecular formula is C7H22Si3. The smallest absolute Gasteiger partial charge is 0.0413 e. The Balaban J connectivity index is 4.23. The van der Waals surface area contributed by atoms with Gasteiger partial charge in [-0.25, -0.2) is 0 Å². The van der Waals surface area contributed by atoms with Crippen LogP contribution in [0.2, 0.25) is 44.1 Å². The number of rotatable bonds is 2. The normalized spacial score (nSPS) is 14.7. The Morgan fingerprint density at radius 2 is 1.00 bits per heavy atom. The first-order valence-electron chi connectivity index (χ1n) is 4.15. The second-order valence-electron chi connectivity index (χ2n) is 5.45. The lowest BCUT2D eigenvalue weighted by atomic mass is 11.7. The fraction of sp³-hybridized carbons (Fsp3) is 1.00. The maximum Gasteiger partial charge on any atom is 0.0413 e. The van der Waals surface area contributed by atoms with Gasteiger partial charge in [0.2, 0.25) is 0 Å². The van der Waals surface area contributed by atoms with Gasteiger partial charge in [0.1, 0.15) is 0 Å². The third-order valence-electron chi connectivity index (χ3n) is 2.60. The van der Waals surface area contributed by atoms with Crippen LogP contribution < -0.4 is 0 Å². The largest absolute Gasteiger partial charge is 0.0698 e. The van der Waals surface area contributed by atoms with Crippen LogP contribution in [0.1, 0.15) is 0 Å². The molecule has 0 radical (unpaired) electrons. The second kappa shape index (κ2) is 2.95. The van der Waals surface area contributed by atoms with Gasteiger partial charge in [0.25, 0.3) is 0 Å². The van der Waals surface area contributed by atoms with Gasteiger partial charge in [-0.1, -0.05) is 44.1 Å². The van der Waals surface area contributed by atoms with E-state index in [-0.39, 0.29) is 0 Å². The van der Waals surface area contributed by atoms with E-state index in [0.717, 1.165) is 0 Å². The highest BCUT2D eigenvalue weighted by Crippen LogP contribution is 2.28. The molecule has 0 aromatic carbocycles. The average Bonchev–Trinajstić information content (AvgIpc) is 1.59. The van der Waals surface area contributed by atoms with Gasteiger partial charge in [0.15, 0.2) is 0 Å². The molecule has 0 aliphatic heterocycles. The summed E-state index contributed by atoms with van der Waals surface area (Å²) in [5.41, 5.74) is 0. The number of hydrogen-bond donors (Lipinski definition) is 0. The summed E-state index contributed by atoms with van der Waals surface area (Å²) >= 11 is 0. The summed E-state index contributed by atoms with van der Waals surface area (Å²) in [5.74, 6) is 0. The molecule has 62 valence electrons. The van der Waals surface area contributed by atoms with Gasteiger partial charge in [0.05, 0.1) is 0 Å². The fourth-order valence-electron chi connectivity index (χ4n) is 1.30. The Morgan fingerprint density at radius 1 is 0.800 bits per heavy atom. The fourth-order valence-corrected chi connectivity index (χ4v) is 11.7. The molecule has 0 fully saturated rings. The van der Waals surface area contributed by atoms with Gasteiger partial charge in [-0.3, -0.25) is 0 Å². The molecule has 0 amide bonds. The molecule has 0 aromatic rings. The van der Waals surface area contributed by atoms with Crippen molar-refractivity contribution in [2.45, 2.75) is 44.1 Å². The van der Waals surface area contributed by atoms with E-state index in [0.29, 0.717) is 0 Å². The zero-order valence-electron chi connectivity index (χ0n) is 8.58. The first kappa shape index (κ1) is 10.7. The quantitative estimate of drug-likeness (QED) is 0.584. The Bertz CT molecular complexity index is 93.0. The van der Waals surface area contributed by atoms with Gasteiger partial charge in [0, 0.05) is 26.4 Å². The minimum absolute atomic E-state index is 0.773. The van der Waals surface area contributed by atoms with Crippen LogP contribution in [-0.4, -0.2) is 26.4 Å². The van der Waals surface area contributed by atoms with Crippen LogP contribution in [0.25, 0.3) is 0 Å². The van der Waals surface area contributed by atoms with Crippen molar-refractivity contribution in [2.75, 3.05) is 0 Å². The molecule has 0 heterocycles. The predicted octanol–water partition coefficient (Wildman–Crippen LogP) is 1.90. The van der Waals surface area contributed by atoms with E-state index >= 15 is 0 Å². The average molecular weight is 191 g/mol. The zero-order chi connectivity index (χ0) is 8.58. The SMILES string of the molecule is C[Si](C)(C)C([SiH3])[Si](C)(C)C. The third kappa shape index (κ3) is 3.16. The molecule has 0 N–H and O–H groups in total. The summed E-state index contributed by atoms with van der Waals surface area (Å²) in [6.45, 7) is 15.1. The van der Waals surface area contributed by atoms with Crippen LogP contribution in [0.15, 0.2) is 0 Å². The van der Waals surface area contributed by atoms with Gasteiger partial charge in [-0.05, 0) is 0 Å². The lowest BCUT2D eigenvalue weighted by molar-refractivity contribution is 1.43. The van der Waals surface area contributed by atoms with Gasteiger partial charge < -0.3 is 0 Å². The molecule has 0 aromatic heterocycles. The predicted molar refractivity (Wildman–Crippen MR) is 60.4 cm³/mol. The van der Waals surface area contributed by atoms with E-state index in [2.05, 4.69) is 39.3 Å². The summed E-state index contributed by atoms with van der Waals surface area (Å²) in [6, 6.07) is 0. The van der Waals surface area contributed by atoms with Crippen molar-refractivity contribution in [2.24, 2.45) is 0 Å². The third-order valence-corrected chi connectivity index (χ3v) is 23.4. The van der Waals surface area contributed by atoms with Crippen molar-refractivity contribution < 1.29 is 0 Å². The van der Waals surface area contributed by atoms with E-state index < -0.39 is 16.1 Å². The molecule has 0 aliphatic carbocycles. The lowest BCUT2D eigenvalue weighted by Gasteiger charge is -2.35. The Hall–Kier alpha value is 0.651. The van der Waals surface area contributed by atoms with Crippen molar-refractivity contribution in [3.05, 3.63) is 0 Å². The second-order valence-corrected chi connectivity index (χ2v) is 20.7. The van der Waals surface area contributed by atoms with Gasteiger partial charge >= 0.3 is 0 Å². The summed E-state index contributed by atoms with van der Waals surface area (Å²) in [4.78, 5) is 1.18. The molecule has 0 saturated carbocycles. The number of hydrogen-bond acceptors (Lipinski definition) is 0. The lowest BCUT2D eigenvalue weighted by Crippen LogP contribution is -2.43. The highest BCUT2D eigenvalue weighted by molar-refractivity contribution is 7.02. The van der Waals surface area contributed by atoms with Crippen molar-refractivity contribution >= 4 is 26.4 Å². The zero-order valence-corrected chi connectivity index (χ0v) is 12.6. The molecule has 3 heteroatoms. The molecule has 0 spiro atoms. The van der Waals surface area contributed by atoms with Gasteiger partial charge in [-0.15, -0.1) is 0 Å². The monoisotopic (exact) mass is 190 g/mol. The molecule has 0 aliphatic rings. The van der Waals surface area contributed by atoms with Crippen molar-refractivity contribution in [1.29, 1.82) is 0 Å². The van der Waals surface area contributed by atoms with Crippen LogP contribution in [0.4, 0.5) is 0 Å². The molecule has 0 bridgehead atoms. The standard InChI is InChI=1S/C7H22Si3/c1-9(2,3)7(8)10(4,5)6/h7H,1-6,8H3. The first-order chi connectivity index (χ1) is 4.15. The van der Waals surface area contributed by atoms with E-state index in [1.165, 1.54) is 15.0 Å². The summed E-state index contributed by atoms with van der Waals surface area (Å²) in [5, 5.41) is 0. The summed E-state index contributed by atoms with van der Waals surface area (Å²) in [6.07, 6.45) is 0.